The van der Waals surface area contributed by atoms with Crippen LogP contribution < -0.4 is 5.32 Å². The van der Waals surface area contributed by atoms with Crippen molar-refractivity contribution < 1.29 is 26.2 Å². The summed E-state index contributed by atoms with van der Waals surface area (Å²) in [6.45, 7) is 10.1. The Morgan fingerprint density at radius 1 is 0.780 bits per heavy atom. The van der Waals surface area contributed by atoms with Crippen molar-refractivity contribution in [2.24, 2.45) is 0 Å². The van der Waals surface area contributed by atoms with E-state index in [2.05, 4.69) is 17.4 Å². The van der Waals surface area contributed by atoms with Crippen molar-refractivity contribution in [2.75, 3.05) is 12.8 Å². The normalized spacial score (nSPS) is 12.1. The van der Waals surface area contributed by atoms with E-state index < -0.39 is 24.9 Å². The number of carbonyl (C=O) groups excluding carboxylic acids is 1. The van der Waals surface area contributed by atoms with Crippen molar-refractivity contribution in [1.29, 1.82) is 0 Å². The fraction of sp³-hybridized carbons (Fsp3) is 0.281. The minimum absolute atomic E-state index is 0.0733. The molecule has 0 atom stereocenters. The molecule has 0 aliphatic heterocycles. The summed E-state index contributed by atoms with van der Waals surface area (Å²) in [4.78, 5) is 11.9. The van der Waals surface area contributed by atoms with E-state index in [-0.39, 0.29) is 16.2 Å². The Balaban J connectivity index is 1.73. The minimum atomic E-state index is -4.66. The molecule has 0 saturated heterocycles. The summed E-state index contributed by atoms with van der Waals surface area (Å²) >= 11 is 0. The average Bonchev–Trinajstić information content (AvgIpc) is 2.88. The molecule has 0 fully saturated rings. The zero-order chi connectivity index (χ0) is 30.3. The lowest BCUT2D eigenvalue weighted by atomic mass is 9.90. The topological polar surface area (TPSA) is 118 Å². The summed E-state index contributed by atoms with van der Waals surface area (Å²) in [5.74, 6) is -0.0733. The molecule has 0 spiro atoms. The molecule has 1 amide bonds. The minimum Gasteiger partial charge on any atom is -0.352 e. The third-order valence-electron chi connectivity index (χ3n) is 7.59. The van der Waals surface area contributed by atoms with Gasteiger partial charge in [0.2, 0.25) is 0 Å². The molecule has 0 bridgehead atoms. The second kappa shape index (κ2) is 11.4. The molecule has 4 aromatic rings. The molecule has 41 heavy (non-hydrogen) atoms. The average molecular weight is 594 g/mol. The van der Waals surface area contributed by atoms with Crippen LogP contribution in [0.15, 0.2) is 64.4 Å². The number of sulfone groups is 1. The zero-order valence-electron chi connectivity index (χ0n) is 24.1. The van der Waals surface area contributed by atoms with E-state index in [0.717, 1.165) is 57.7 Å². The van der Waals surface area contributed by atoms with Crippen LogP contribution in [0.2, 0.25) is 0 Å². The van der Waals surface area contributed by atoms with Crippen LogP contribution in [-0.4, -0.2) is 40.1 Å². The lowest BCUT2D eigenvalue weighted by Crippen LogP contribution is -2.24. The number of nitrogens with one attached hydrogen (secondary N) is 1. The SMILES string of the molecule is CCCNC(=O)c1ccc(-c2ccc(Cc3ccc4c(S(=O)(=O)O)cc(S(C)(=O)=O)c(C)c4c3C)c(C)c2)cc1C. The summed E-state index contributed by atoms with van der Waals surface area (Å²) in [6.07, 6.45) is 2.45. The fourth-order valence-electron chi connectivity index (χ4n) is 5.37. The number of benzene rings is 4. The number of fused-ring (bicyclic) bond motifs is 1. The summed E-state index contributed by atoms with van der Waals surface area (Å²) in [5.41, 5.74) is 7.84. The predicted octanol–water partition coefficient (Wildman–Crippen LogP) is 6.12. The molecular formula is C32H35NO6S2. The highest BCUT2D eigenvalue weighted by molar-refractivity contribution is 7.91. The van der Waals surface area contributed by atoms with Gasteiger partial charge in [-0.05, 0) is 103 Å². The molecule has 0 aromatic heterocycles. The van der Waals surface area contributed by atoms with Gasteiger partial charge in [-0.3, -0.25) is 9.35 Å². The van der Waals surface area contributed by atoms with Gasteiger partial charge in [0, 0.05) is 23.8 Å². The summed E-state index contributed by atoms with van der Waals surface area (Å²) in [6, 6.07) is 16.5. The first kappa shape index (κ1) is 30.4. The number of hydrogen-bond acceptors (Lipinski definition) is 5. The molecule has 0 unspecified atom stereocenters. The van der Waals surface area contributed by atoms with Gasteiger partial charge in [-0.15, -0.1) is 0 Å². The van der Waals surface area contributed by atoms with Crippen molar-refractivity contribution >= 4 is 36.6 Å². The van der Waals surface area contributed by atoms with Crippen LogP contribution in [0.1, 0.15) is 57.1 Å². The Kier molecular flexibility index (Phi) is 8.45. The molecule has 4 rings (SSSR count). The lowest BCUT2D eigenvalue weighted by molar-refractivity contribution is 0.0953. The number of amides is 1. The van der Waals surface area contributed by atoms with Crippen LogP contribution in [0.5, 0.6) is 0 Å². The van der Waals surface area contributed by atoms with Crippen LogP contribution in [0, 0.1) is 27.7 Å². The first-order valence-electron chi connectivity index (χ1n) is 13.4. The Morgan fingerprint density at radius 3 is 1.95 bits per heavy atom. The molecular weight excluding hydrogens is 558 g/mol. The highest BCUT2D eigenvalue weighted by atomic mass is 32.2. The van der Waals surface area contributed by atoms with Crippen molar-refractivity contribution in [1.82, 2.24) is 5.32 Å². The lowest BCUT2D eigenvalue weighted by Gasteiger charge is -2.17. The van der Waals surface area contributed by atoms with Crippen LogP contribution in [0.25, 0.3) is 21.9 Å². The first-order chi connectivity index (χ1) is 19.1. The molecule has 0 aliphatic rings. The maximum atomic E-state index is 12.5. The monoisotopic (exact) mass is 593 g/mol. The van der Waals surface area contributed by atoms with Crippen LogP contribution in [0.3, 0.4) is 0 Å². The van der Waals surface area contributed by atoms with E-state index in [4.69, 9.17) is 0 Å². The van der Waals surface area contributed by atoms with E-state index in [0.29, 0.717) is 29.5 Å². The third kappa shape index (κ3) is 6.22. The van der Waals surface area contributed by atoms with Gasteiger partial charge in [-0.2, -0.15) is 8.42 Å². The zero-order valence-corrected chi connectivity index (χ0v) is 25.8. The van der Waals surface area contributed by atoms with E-state index >= 15 is 0 Å². The van der Waals surface area contributed by atoms with Gasteiger partial charge in [0.25, 0.3) is 16.0 Å². The molecule has 0 heterocycles. The fourth-order valence-corrected chi connectivity index (χ4v) is 7.15. The Morgan fingerprint density at radius 2 is 1.39 bits per heavy atom. The first-order valence-corrected chi connectivity index (χ1v) is 16.7. The largest absolute Gasteiger partial charge is 0.352 e. The molecule has 7 nitrogen and oxygen atoms in total. The van der Waals surface area contributed by atoms with Gasteiger partial charge in [-0.25, -0.2) is 8.42 Å². The Bertz CT molecular complexity index is 1910. The van der Waals surface area contributed by atoms with E-state index in [9.17, 15) is 26.2 Å². The van der Waals surface area contributed by atoms with Crippen molar-refractivity contribution in [3.63, 3.8) is 0 Å². The summed E-state index contributed by atoms with van der Waals surface area (Å²) in [5, 5.41) is 3.71. The summed E-state index contributed by atoms with van der Waals surface area (Å²) in [7, 11) is -8.40. The molecule has 0 radical (unpaired) electrons. The third-order valence-corrected chi connectivity index (χ3v) is 9.71. The molecule has 9 heteroatoms. The maximum absolute atomic E-state index is 12.5. The predicted molar refractivity (Wildman–Crippen MR) is 163 cm³/mol. The van der Waals surface area contributed by atoms with E-state index in [1.165, 1.54) is 0 Å². The Labute approximate surface area is 242 Å². The number of aryl methyl sites for hydroxylation is 4. The Hall–Kier alpha value is -3.53. The van der Waals surface area contributed by atoms with Crippen molar-refractivity contribution in [3.05, 3.63) is 93.5 Å². The van der Waals surface area contributed by atoms with Gasteiger partial charge in [0.1, 0.15) is 4.90 Å². The number of hydrogen-bond donors (Lipinski definition) is 2. The number of rotatable bonds is 8. The van der Waals surface area contributed by atoms with Crippen LogP contribution in [0.4, 0.5) is 0 Å². The number of carbonyl (C=O) groups is 1. The van der Waals surface area contributed by atoms with Crippen molar-refractivity contribution in [2.45, 2.75) is 57.3 Å². The van der Waals surface area contributed by atoms with Crippen molar-refractivity contribution in [3.8, 4) is 11.1 Å². The van der Waals surface area contributed by atoms with Crippen LogP contribution in [-0.2, 0) is 26.4 Å². The molecule has 216 valence electrons. The second-order valence-electron chi connectivity index (χ2n) is 10.6. The quantitative estimate of drug-likeness (QED) is 0.238. The smallest absolute Gasteiger partial charge is 0.295 e. The maximum Gasteiger partial charge on any atom is 0.295 e. The van der Waals surface area contributed by atoms with Gasteiger partial charge < -0.3 is 5.32 Å². The van der Waals surface area contributed by atoms with Crippen LogP contribution >= 0.6 is 0 Å². The summed E-state index contributed by atoms with van der Waals surface area (Å²) < 4.78 is 59.2. The van der Waals surface area contributed by atoms with E-state index in [1.54, 1.807) is 13.0 Å². The standard InChI is InChI=1S/C32H35NO6S2/c1-7-14-33-32(34)27-12-11-26(16-20(27)3)25-9-8-23(19(2)15-25)17-24-10-13-28-30(41(37,38)39)18-29(40(6,35)36)22(5)31(28)21(24)4/h8-13,15-16,18H,7,14,17H2,1-6H3,(H,33,34)(H,37,38,39). The van der Waals surface area contributed by atoms with Gasteiger partial charge in [0.15, 0.2) is 9.84 Å². The highest BCUT2D eigenvalue weighted by Crippen LogP contribution is 2.36. The molecule has 0 aliphatic carbocycles. The van der Waals surface area contributed by atoms with Gasteiger partial charge >= 0.3 is 0 Å². The highest BCUT2D eigenvalue weighted by Gasteiger charge is 2.24. The van der Waals surface area contributed by atoms with Gasteiger partial charge in [0.05, 0.1) is 4.90 Å². The molecule has 2 N–H and O–H groups in total. The second-order valence-corrected chi connectivity index (χ2v) is 14.0. The van der Waals surface area contributed by atoms with E-state index in [1.807, 2.05) is 58.0 Å². The van der Waals surface area contributed by atoms with Gasteiger partial charge in [-0.1, -0.05) is 49.4 Å². The molecule has 0 saturated carbocycles. The molecule has 4 aromatic carbocycles.